The minimum atomic E-state index is 0.366. The minimum absolute atomic E-state index is 0.366. The highest BCUT2D eigenvalue weighted by atomic mass is 32.1. The topological polar surface area (TPSA) is 26.3 Å². The molecule has 2 nitrogen and oxygen atoms in total. The molecule has 104 valence electrons. The van der Waals surface area contributed by atoms with Gasteiger partial charge in [0.15, 0.2) is 5.78 Å². The summed E-state index contributed by atoms with van der Waals surface area (Å²) in [6, 6.07) is 2.19. The van der Waals surface area contributed by atoms with Crippen LogP contribution in [0.5, 0.6) is 0 Å². The van der Waals surface area contributed by atoms with E-state index in [-0.39, 0.29) is 0 Å². The molecule has 0 amide bonds. The number of hydrogen-bond donors (Lipinski definition) is 0. The van der Waals surface area contributed by atoms with Gasteiger partial charge in [0.2, 0.25) is 0 Å². The van der Waals surface area contributed by atoms with Crippen molar-refractivity contribution in [3.8, 4) is 0 Å². The van der Waals surface area contributed by atoms with Gasteiger partial charge in [-0.3, -0.25) is 4.79 Å². The van der Waals surface area contributed by atoms with Crippen molar-refractivity contribution in [3.63, 3.8) is 0 Å². The van der Waals surface area contributed by atoms with E-state index in [1.165, 1.54) is 42.5 Å². The highest BCUT2D eigenvalue weighted by molar-refractivity contribution is 7.14. The fraction of sp³-hybridized carbons (Fsp3) is 0.688. The van der Waals surface area contributed by atoms with Crippen molar-refractivity contribution in [1.82, 2.24) is 0 Å². The second-order valence-corrected chi connectivity index (χ2v) is 6.94. The molecule has 1 aliphatic heterocycles. The highest BCUT2D eigenvalue weighted by Crippen LogP contribution is 2.31. The normalized spacial score (nSPS) is 20.8. The summed E-state index contributed by atoms with van der Waals surface area (Å²) in [6.45, 7) is 1.66. The van der Waals surface area contributed by atoms with E-state index in [9.17, 15) is 4.79 Å². The second-order valence-electron chi connectivity index (χ2n) is 5.80. The third kappa shape index (κ3) is 3.26. The van der Waals surface area contributed by atoms with Crippen molar-refractivity contribution in [3.05, 3.63) is 21.4 Å². The van der Waals surface area contributed by atoms with E-state index in [0.29, 0.717) is 11.7 Å². The Bertz CT molecular complexity index is 420. The second kappa shape index (κ2) is 6.19. The molecular weight excluding hydrogens is 256 g/mol. The van der Waals surface area contributed by atoms with E-state index in [1.54, 1.807) is 11.3 Å². The Balaban J connectivity index is 1.66. The lowest BCUT2D eigenvalue weighted by molar-refractivity contribution is 0.0602. The van der Waals surface area contributed by atoms with Gasteiger partial charge in [-0.2, -0.15) is 0 Å². The molecule has 1 aliphatic carbocycles. The van der Waals surface area contributed by atoms with Gasteiger partial charge in [-0.1, -0.05) is 6.42 Å². The molecule has 0 N–H and O–H groups in total. The molecule has 1 aromatic heterocycles. The Morgan fingerprint density at radius 1 is 1.21 bits per heavy atom. The highest BCUT2D eigenvalue weighted by Gasteiger charge is 2.21. The van der Waals surface area contributed by atoms with Crippen LogP contribution in [0.25, 0.3) is 0 Å². The molecule has 0 unspecified atom stereocenters. The molecule has 19 heavy (non-hydrogen) atoms. The van der Waals surface area contributed by atoms with Crippen LogP contribution in [0.4, 0.5) is 0 Å². The number of ketones is 1. The first kappa shape index (κ1) is 13.3. The maximum Gasteiger partial charge on any atom is 0.173 e. The fourth-order valence-electron chi connectivity index (χ4n) is 3.12. The third-order valence-corrected chi connectivity index (χ3v) is 5.61. The van der Waals surface area contributed by atoms with E-state index in [0.717, 1.165) is 37.4 Å². The van der Waals surface area contributed by atoms with Gasteiger partial charge in [-0.05, 0) is 56.1 Å². The maximum atomic E-state index is 12.4. The van der Waals surface area contributed by atoms with E-state index in [2.05, 4.69) is 6.07 Å². The lowest BCUT2D eigenvalue weighted by Gasteiger charge is -2.20. The number of ether oxygens (including phenoxy) is 1. The van der Waals surface area contributed by atoms with Crippen LogP contribution >= 0.6 is 11.3 Å². The average molecular weight is 278 g/mol. The van der Waals surface area contributed by atoms with Crippen molar-refractivity contribution in [1.29, 1.82) is 0 Å². The van der Waals surface area contributed by atoms with Gasteiger partial charge in [0.1, 0.15) is 0 Å². The molecule has 0 atom stereocenters. The van der Waals surface area contributed by atoms with Crippen LogP contribution in [0.15, 0.2) is 6.07 Å². The maximum absolute atomic E-state index is 12.4. The summed E-state index contributed by atoms with van der Waals surface area (Å²) in [5, 5.41) is 0. The number of Topliss-reactive ketones (excluding diaryl/α,β-unsaturated/α-hetero) is 1. The number of carbonyl (C=O) groups is 1. The predicted octanol–water partition coefficient (Wildman–Crippen LogP) is 4.02. The van der Waals surface area contributed by atoms with Crippen molar-refractivity contribution < 1.29 is 9.53 Å². The minimum Gasteiger partial charge on any atom is -0.381 e. The van der Waals surface area contributed by atoms with Crippen molar-refractivity contribution in [2.75, 3.05) is 13.2 Å². The van der Waals surface area contributed by atoms with Gasteiger partial charge in [0.05, 0.1) is 4.88 Å². The first-order chi connectivity index (χ1) is 9.33. The molecule has 0 aromatic carbocycles. The van der Waals surface area contributed by atoms with Gasteiger partial charge in [-0.15, -0.1) is 11.3 Å². The van der Waals surface area contributed by atoms with Gasteiger partial charge in [0, 0.05) is 24.5 Å². The van der Waals surface area contributed by atoms with Crippen LogP contribution in [0.2, 0.25) is 0 Å². The molecule has 3 rings (SSSR count). The number of fused-ring (bicyclic) bond motifs is 1. The van der Waals surface area contributed by atoms with Crippen molar-refractivity contribution in [2.45, 2.75) is 51.4 Å². The Labute approximate surface area is 119 Å². The lowest BCUT2D eigenvalue weighted by atomic mass is 9.94. The summed E-state index contributed by atoms with van der Waals surface area (Å²) in [7, 11) is 0. The average Bonchev–Trinajstić information content (AvgIpc) is 2.72. The van der Waals surface area contributed by atoms with E-state index in [4.69, 9.17) is 4.74 Å². The van der Waals surface area contributed by atoms with Crippen LogP contribution in [0.1, 0.15) is 58.6 Å². The summed E-state index contributed by atoms with van der Waals surface area (Å²) < 4.78 is 5.36. The smallest absolute Gasteiger partial charge is 0.173 e. The third-order valence-electron chi connectivity index (χ3n) is 4.34. The molecule has 2 heterocycles. The lowest BCUT2D eigenvalue weighted by Crippen LogP contribution is -2.18. The van der Waals surface area contributed by atoms with Crippen molar-refractivity contribution >= 4 is 17.1 Å². The summed E-state index contributed by atoms with van der Waals surface area (Å²) in [5.74, 6) is 0.910. The summed E-state index contributed by atoms with van der Waals surface area (Å²) >= 11 is 1.76. The van der Waals surface area contributed by atoms with Gasteiger partial charge in [-0.25, -0.2) is 0 Å². The van der Waals surface area contributed by atoms with Gasteiger partial charge in [0.25, 0.3) is 0 Å². The molecule has 1 aromatic rings. The number of rotatable bonds is 3. The SMILES string of the molecule is O=C(CC1CCOCC1)c1cc2c(s1)CCCCC2. The first-order valence-electron chi connectivity index (χ1n) is 7.55. The van der Waals surface area contributed by atoms with Crippen LogP contribution in [0, 0.1) is 5.92 Å². The molecule has 0 spiro atoms. The molecule has 2 aliphatic rings. The van der Waals surface area contributed by atoms with Gasteiger partial charge >= 0.3 is 0 Å². The predicted molar refractivity (Wildman–Crippen MR) is 78.1 cm³/mol. The Kier molecular flexibility index (Phi) is 4.34. The molecule has 0 radical (unpaired) electrons. The Morgan fingerprint density at radius 3 is 2.84 bits per heavy atom. The number of thiophene rings is 1. The molecular formula is C16H22O2S. The molecule has 1 saturated heterocycles. The Morgan fingerprint density at radius 2 is 2.00 bits per heavy atom. The Hall–Kier alpha value is -0.670. The summed E-state index contributed by atoms with van der Waals surface area (Å²) in [5.41, 5.74) is 1.46. The summed E-state index contributed by atoms with van der Waals surface area (Å²) in [4.78, 5) is 14.9. The zero-order valence-electron chi connectivity index (χ0n) is 11.5. The standard InChI is InChI=1S/C16H22O2S/c17-14(10-12-6-8-18-9-7-12)16-11-13-4-2-1-3-5-15(13)19-16/h11-12H,1-10H2. The molecule has 3 heteroatoms. The number of aryl methyl sites for hydroxylation is 2. The van der Waals surface area contributed by atoms with E-state index < -0.39 is 0 Å². The molecule has 0 saturated carbocycles. The quantitative estimate of drug-likeness (QED) is 0.616. The van der Waals surface area contributed by atoms with Crippen molar-refractivity contribution in [2.24, 2.45) is 5.92 Å². The molecule has 1 fully saturated rings. The largest absolute Gasteiger partial charge is 0.381 e. The van der Waals surface area contributed by atoms with Crippen LogP contribution < -0.4 is 0 Å². The van der Waals surface area contributed by atoms with Crippen LogP contribution in [0.3, 0.4) is 0 Å². The van der Waals surface area contributed by atoms with E-state index in [1.807, 2.05) is 0 Å². The first-order valence-corrected chi connectivity index (χ1v) is 8.37. The zero-order chi connectivity index (χ0) is 13.1. The van der Waals surface area contributed by atoms with Crippen LogP contribution in [-0.2, 0) is 17.6 Å². The zero-order valence-corrected chi connectivity index (χ0v) is 12.3. The monoisotopic (exact) mass is 278 g/mol. The van der Waals surface area contributed by atoms with Gasteiger partial charge < -0.3 is 4.74 Å². The summed E-state index contributed by atoms with van der Waals surface area (Å²) in [6.07, 6.45) is 9.11. The fourth-order valence-corrected chi connectivity index (χ4v) is 4.32. The number of hydrogen-bond acceptors (Lipinski definition) is 3. The van der Waals surface area contributed by atoms with Crippen LogP contribution in [-0.4, -0.2) is 19.0 Å². The molecule has 0 bridgehead atoms. The van der Waals surface area contributed by atoms with E-state index >= 15 is 0 Å². The number of carbonyl (C=O) groups excluding carboxylic acids is 1.